The van der Waals surface area contributed by atoms with Crippen LogP contribution in [0, 0.1) is 6.92 Å². The molecule has 0 amide bonds. The Morgan fingerprint density at radius 2 is 2.11 bits per heavy atom. The van der Waals surface area contributed by atoms with Gasteiger partial charge in [-0.3, -0.25) is 0 Å². The molecule has 1 aliphatic heterocycles. The molecular formula is C13H13BrN2O2. The summed E-state index contributed by atoms with van der Waals surface area (Å²) in [4.78, 5) is 7.55. The third-order valence-electron chi connectivity index (χ3n) is 2.95. The average Bonchev–Trinajstić information content (AvgIpc) is 2.92. The van der Waals surface area contributed by atoms with Crippen molar-refractivity contribution in [2.75, 3.05) is 6.79 Å². The molecule has 0 radical (unpaired) electrons. The maximum atomic E-state index is 5.37. The summed E-state index contributed by atoms with van der Waals surface area (Å²) in [5.41, 5.74) is 2.36. The number of aromatic nitrogens is 2. The molecule has 3 rings (SSSR count). The van der Waals surface area contributed by atoms with E-state index in [9.17, 15) is 0 Å². The Kier molecular flexibility index (Phi) is 2.99. The molecule has 1 aromatic carbocycles. The van der Waals surface area contributed by atoms with Crippen LogP contribution in [0.25, 0.3) is 0 Å². The molecule has 1 N–H and O–H groups in total. The van der Waals surface area contributed by atoms with Crippen molar-refractivity contribution in [3.05, 3.63) is 39.9 Å². The molecular weight excluding hydrogens is 296 g/mol. The molecule has 0 fully saturated rings. The van der Waals surface area contributed by atoms with Crippen molar-refractivity contribution in [2.45, 2.75) is 19.8 Å². The molecule has 0 spiro atoms. The van der Waals surface area contributed by atoms with Gasteiger partial charge in [0.25, 0.3) is 0 Å². The summed E-state index contributed by atoms with van der Waals surface area (Å²) in [7, 11) is 0. The second kappa shape index (κ2) is 4.65. The molecule has 0 aliphatic carbocycles. The van der Waals surface area contributed by atoms with E-state index < -0.39 is 0 Å². The number of halogens is 1. The standard InChI is InChI=1S/C13H13BrN2O2/c1-8-15-10(13(14)16-8)4-2-9-3-5-11-12(6-9)18-7-17-11/h3,5-6H,2,4,7H2,1H3,(H,15,16). The highest BCUT2D eigenvalue weighted by molar-refractivity contribution is 9.10. The van der Waals surface area contributed by atoms with Crippen LogP contribution in [-0.2, 0) is 12.8 Å². The fraction of sp³-hybridized carbons (Fsp3) is 0.308. The number of ether oxygens (including phenoxy) is 2. The zero-order valence-corrected chi connectivity index (χ0v) is 11.6. The fourth-order valence-corrected chi connectivity index (χ4v) is 2.61. The topological polar surface area (TPSA) is 47.1 Å². The van der Waals surface area contributed by atoms with Gasteiger partial charge in [-0.1, -0.05) is 6.07 Å². The summed E-state index contributed by atoms with van der Waals surface area (Å²) in [6, 6.07) is 6.08. The molecule has 0 saturated heterocycles. The SMILES string of the molecule is Cc1nc(Br)c(CCc2ccc3c(c2)OCO3)[nH]1. The molecule has 5 heteroatoms. The van der Waals surface area contributed by atoms with Gasteiger partial charge in [-0.05, 0) is 53.4 Å². The first kappa shape index (κ1) is 11.6. The second-order valence-corrected chi connectivity index (χ2v) is 5.03. The van der Waals surface area contributed by atoms with Gasteiger partial charge in [0.2, 0.25) is 6.79 Å². The van der Waals surface area contributed by atoms with Crippen LogP contribution in [0.5, 0.6) is 11.5 Å². The van der Waals surface area contributed by atoms with E-state index in [1.807, 2.05) is 19.1 Å². The molecule has 1 aromatic heterocycles. The summed E-state index contributed by atoms with van der Waals surface area (Å²) < 4.78 is 11.6. The van der Waals surface area contributed by atoms with Gasteiger partial charge in [0.1, 0.15) is 10.4 Å². The number of nitrogens with one attached hydrogen (secondary N) is 1. The van der Waals surface area contributed by atoms with Crippen molar-refractivity contribution in [3.63, 3.8) is 0 Å². The predicted molar refractivity (Wildman–Crippen MR) is 71.0 cm³/mol. The third-order valence-corrected chi connectivity index (χ3v) is 3.60. The van der Waals surface area contributed by atoms with Crippen LogP contribution in [0.3, 0.4) is 0 Å². The van der Waals surface area contributed by atoms with Crippen molar-refractivity contribution in [2.24, 2.45) is 0 Å². The lowest BCUT2D eigenvalue weighted by Gasteiger charge is -2.02. The number of aryl methyl sites for hydroxylation is 3. The first-order valence-electron chi connectivity index (χ1n) is 5.82. The highest BCUT2D eigenvalue weighted by Crippen LogP contribution is 2.32. The van der Waals surface area contributed by atoms with Crippen LogP contribution >= 0.6 is 15.9 Å². The van der Waals surface area contributed by atoms with Crippen molar-refractivity contribution in [3.8, 4) is 11.5 Å². The zero-order chi connectivity index (χ0) is 12.5. The van der Waals surface area contributed by atoms with E-state index in [1.54, 1.807) is 0 Å². The van der Waals surface area contributed by atoms with E-state index in [1.165, 1.54) is 5.56 Å². The van der Waals surface area contributed by atoms with Gasteiger partial charge >= 0.3 is 0 Å². The van der Waals surface area contributed by atoms with E-state index in [0.29, 0.717) is 6.79 Å². The number of hydrogen-bond donors (Lipinski definition) is 1. The van der Waals surface area contributed by atoms with E-state index >= 15 is 0 Å². The molecule has 0 saturated carbocycles. The van der Waals surface area contributed by atoms with Gasteiger partial charge in [0, 0.05) is 5.69 Å². The summed E-state index contributed by atoms with van der Waals surface area (Å²) in [5, 5.41) is 0. The van der Waals surface area contributed by atoms with Crippen LogP contribution < -0.4 is 9.47 Å². The smallest absolute Gasteiger partial charge is 0.231 e. The van der Waals surface area contributed by atoms with E-state index in [4.69, 9.17) is 9.47 Å². The molecule has 2 heterocycles. The molecule has 0 atom stereocenters. The first-order chi connectivity index (χ1) is 8.72. The number of hydrogen-bond acceptors (Lipinski definition) is 3. The summed E-state index contributed by atoms with van der Waals surface area (Å²) >= 11 is 3.45. The molecule has 2 aromatic rings. The zero-order valence-electron chi connectivity index (χ0n) is 10.00. The third kappa shape index (κ3) is 2.22. The van der Waals surface area contributed by atoms with E-state index in [0.717, 1.165) is 40.5 Å². The minimum atomic E-state index is 0.323. The molecule has 18 heavy (non-hydrogen) atoms. The summed E-state index contributed by atoms with van der Waals surface area (Å²) in [6.07, 6.45) is 1.86. The largest absolute Gasteiger partial charge is 0.454 e. The monoisotopic (exact) mass is 308 g/mol. The number of imidazole rings is 1. The Morgan fingerprint density at radius 3 is 2.89 bits per heavy atom. The summed E-state index contributed by atoms with van der Waals surface area (Å²) in [6.45, 7) is 2.28. The Balaban J connectivity index is 1.72. The van der Waals surface area contributed by atoms with Gasteiger partial charge in [-0.2, -0.15) is 0 Å². The van der Waals surface area contributed by atoms with Gasteiger partial charge in [0.15, 0.2) is 11.5 Å². The van der Waals surface area contributed by atoms with Gasteiger partial charge in [-0.25, -0.2) is 4.98 Å². The van der Waals surface area contributed by atoms with Crippen LogP contribution in [0.2, 0.25) is 0 Å². The second-order valence-electron chi connectivity index (χ2n) is 4.28. The maximum absolute atomic E-state index is 5.37. The molecule has 1 aliphatic rings. The number of H-pyrrole nitrogens is 1. The van der Waals surface area contributed by atoms with Crippen molar-refractivity contribution in [1.29, 1.82) is 0 Å². The van der Waals surface area contributed by atoms with Crippen LogP contribution in [-0.4, -0.2) is 16.8 Å². The molecule has 0 bridgehead atoms. The molecule has 94 valence electrons. The van der Waals surface area contributed by atoms with E-state index in [-0.39, 0.29) is 0 Å². The number of aromatic amines is 1. The quantitative estimate of drug-likeness (QED) is 0.948. The fourth-order valence-electron chi connectivity index (χ4n) is 2.04. The van der Waals surface area contributed by atoms with Crippen molar-refractivity contribution >= 4 is 15.9 Å². The lowest BCUT2D eigenvalue weighted by molar-refractivity contribution is 0.174. The highest BCUT2D eigenvalue weighted by atomic mass is 79.9. The summed E-state index contributed by atoms with van der Waals surface area (Å²) in [5.74, 6) is 2.60. The van der Waals surface area contributed by atoms with Crippen molar-refractivity contribution < 1.29 is 9.47 Å². The van der Waals surface area contributed by atoms with E-state index in [2.05, 4.69) is 32.0 Å². The van der Waals surface area contributed by atoms with Gasteiger partial charge in [0.05, 0.1) is 0 Å². The van der Waals surface area contributed by atoms with Crippen LogP contribution in [0.15, 0.2) is 22.8 Å². The van der Waals surface area contributed by atoms with Crippen LogP contribution in [0.1, 0.15) is 17.1 Å². The Morgan fingerprint density at radius 1 is 1.28 bits per heavy atom. The minimum Gasteiger partial charge on any atom is -0.454 e. The number of benzene rings is 1. The van der Waals surface area contributed by atoms with Crippen molar-refractivity contribution in [1.82, 2.24) is 9.97 Å². The average molecular weight is 309 g/mol. The predicted octanol–water partition coefficient (Wildman–Crippen LogP) is 2.99. The Hall–Kier alpha value is -1.49. The first-order valence-corrected chi connectivity index (χ1v) is 6.61. The minimum absolute atomic E-state index is 0.323. The lowest BCUT2D eigenvalue weighted by Crippen LogP contribution is -1.93. The van der Waals surface area contributed by atoms with Gasteiger partial charge in [-0.15, -0.1) is 0 Å². The number of rotatable bonds is 3. The molecule has 0 unspecified atom stereocenters. The highest BCUT2D eigenvalue weighted by Gasteiger charge is 2.13. The number of fused-ring (bicyclic) bond motifs is 1. The normalized spacial score (nSPS) is 13.0. The Bertz CT molecular complexity index is 580. The maximum Gasteiger partial charge on any atom is 0.231 e. The number of nitrogens with zero attached hydrogens (tertiary/aromatic N) is 1. The lowest BCUT2D eigenvalue weighted by atomic mass is 10.1. The van der Waals surface area contributed by atoms with Crippen LogP contribution in [0.4, 0.5) is 0 Å². The Labute approximate surface area is 113 Å². The molecule has 4 nitrogen and oxygen atoms in total. The van der Waals surface area contributed by atoms with Gasteiger partial charge < -0.3 is 14.5 Å².